The summed E-state index contributed by atoms with van der Waals surface area (Å²) in [4.78, 5) is 0. The normalized spacial score (nSPS) is 12.9. The smallest absolute Gasteiger partial charge is 0.127 e. The van der Waals surface area contributed by atoms with Crippen LogP contribution in [0.25, 0.3) is 0 Å². The van der Waals surface area contributed by atoms with Crippen LogP contribution in [-0.4, -0.2) is 6.04 Å². The van der Waals surface area contributed by atoms with E-state index in [-0.39, 0.29) is 11.9 Å². The summed E-state index contributed by atoms with van der Waals surface area (Å²) in [5.74, 6) is 5.04. The van der Waals surface area contributed by atoms with Crippen molar-refractivity contribution in [3.8, 4) is 0 Å². The lowest BCUT2D eigenvalue weighted by atomic mass is 10.0. The van der Waals surface area contributed by atoms with Gasteiger partial charge in [-0.2, -0.15) is 0 Å². The molecule has 0 radical (unpaired) electrons. The molecule has 0 aliphatic rings. The largest absolute Gasteiger partial charge is 0.271 e. The van der Waals surface area contributed by atoms with Crippen LogP contribution in [0.1, 0.15) is 18.9 Å². The SMILES string of the molecule is CCC(Cc1c(F)cccc1Cl)NN. The highest BCUT2D eigenvalue weighted by atomic mass is 35.5. The van der Waals surface area contributed by atoms with Gasteiger partial charge in [-0.25, -0.2) is 4.39 Å². The molecule has 1 atom stereocenters. The molecule has 0 aromatic heterocycles. The van der Waals surface area contributed by atoms with Crippen molar-refractivity contribution in [3.63, 3.8) is 0 Å². The Morgan fingerprint density at radius 2 is 2.29 bits per heavy atom. The standard InChI is InChI=1S/C10H14ClFN2/c1-2-7(14-13)6-8-9(11)4-3-5-10(8)12/h3-5,7,14H,2,6,13H2,1H3. The summed E-state index contributed by atoms with van der Waals surface area (Å²) < 4.78 is 13.3. The molecule has 0 amide bonds. The van der Waals surface area contributed by atoms with Crippen molar-refractivity contribution in [2.75, 3.05) is 0 Å². The summed E-state index contributed by atoms with van der Waals surface area (Å²) >= 11 is 5.88. The fraction of sp³-hybridized carbons (Fsp3) is 0.400. The van der Waals surface area contributed by atoms with Crippen molar-refractivity contribution >= 4 is 11.6 Å². The summed E-state index contributed by atoms with van der Waals surface area (Å²) in [7, 11) is 0. The molecule has 1 unspecified atom stereocenters. The average Bonchev–Trinajstić information content (AvgIpc) is 2.18. The molecule has 0 saturated carbocycles. The van der Waals surface area contributed by atoms with Gasteiger partial charge in [0, 0.05) is 16.6 Å². The van der Waals surface area contributed by atoms with E-state index in [4.69, 9.17) is 17.4 Å². The van der Waals surface area contributed by atoms with Gasteiger partial charge in [-0.3, -0.25) is 11.3 Å². The van der Waals surface area contributed by atoms with Gasteiger partial charge in [0.1, 0.15) is 5.82 Å². The molecule has 0 fully saturated rings. The molecule has 4 heteroatoms. The zero-order chi connectivity index (χ0) is 10.6. The van der Waals surface area contributed by atoms with Crippen molar-refractivity contribution in [1.82, 2.24) is 5.43 Å². The average molecular weight is 217 g/mol. The topological polar surface area (TPSA) is 38.0 Å². The highest BCUT2D eigenvalue weighted by Gasteiger charge is 2.11. The van der Waals surface area contributed by atoms with E-state index in [0.717, 1.165) is 6.42 Å². The molecule has 2 nitrogen and oxygen atoms in total. The molecule has 78 valence electrons. The Balaban J connectivity index is 2.84. The van der Waals surface area contributed by atoms with E-state index in [0.29, 0.717) is 17.0 Å². The first-order valence-electron chi connectivity index (χ1n) is 4.58. The summed E-state index contributed by atoms with van der Waals surface area (Å²) in [6.07, 6.45) is 1.35. The number of rotatable bonds is 4. The lowest BCUT2D eigenvalue weighted by molar-refractivity contribution is 0.497. The van der Waals surface area contributed by atoms with Crippen LogP contribution in [0.15, 0.2) is 18.2 Å². The third-order valence-corrected chi connectivity index (χ3v) is 2.59. The predicted molar refractivity (Wildman–Crippen MR) is 56.5 cm³/mol. The second-order valence-corrected chi connectivity index (χ2v) is 3.58. The molecule has 0 spiro atoms. The molecule has 14 heavy (non-hydrogen) atoms. The molecule has 3 N–H and O–H groups in total. The van der Waals surface area contributed by atoms with Crippen LogP contribution in [0.3, 0.4) is 0 Å². The van der Waals surface area contributed by atoms with E-state index < -0.39 is 0 Å². The van der Waals surface area contributed by atoms with Gasteiger partial charge in [-0.1, -0.05) is 24.6 Å². The number of nitrogens with two attached hydrogens (primary N) is 1. The van der Waals surface area contributed by atoms with E-state index in [9.17, 15) is 4.39 Å². The lowest BCUT2D eigenvalue weighted by Gasteiger charge is -2.14. The Morgan fingerprint density at radius 3 is 2.79 bits per heavy atom. The van der Waals surface area contributed by atoms with E-state index >= 15 is 0 Å². The van der Waals surface area contributed by atoms with Crippen LogP contribution >= 0.6 is 11.6 Å². The van der Waals surface area contributed by atoms with Gasteiger partial charge in [0.25, 0.3) is 0 Å². The van der Waals surface area contributed by atoms with Crippen LogP contribution < -0.4 is 11.3 Å². The maximum absolute atomic E-state index is 13.3. The van der Waals surface area contributed by atoms with Gasteiger partial charge in [0.15, 0.2) is 0 Å². The van der Waals surface area contributed by atoms with Gasteiger partial charge >= 0.3 is 0 Å². The van der Waals surface area contributed by atoms with Gasteiger partial charge in [-0.05, 0) is 25.0 Å². The third-order valence-electron chi connectivity index (χ3n) is 2.24. The minimum Gasteiger partial charge on any atom is -0.271 e. The molecule has 0 saturated heterocycles. The van der Waals surface area contributed by atoms with Gasteiger partial charge in [0.2, 0.25) is 0 Å². The van der Waals surface area contributed by atoms with Crippen molar-refractivity contribution in [2.24, 2.45) is 5.84 Å². The molecule has 0 aliphatic carbocycles. The van der Waals surface area contributed by atoms with Crippen molar-refractivity contribution < 1.29 is 4.39 Å². The minimum absolute atomic E-state index is 0.0596. The van der Waals surface area contributed by atoms with Crippen molar-refractivity contribution in [1.29, 1.82) is 0 Å². The van der Waals surface area contributed by atoms with Crippen LogP contribution in [0.2, 0.25) is 5.02 Å². The van der Waals surface area contributed by atoms with Gasteiger partial charge < -0.3 is 0 Å². The quantitative estimate of drug-likeness (QED) is 0.599. The zero-order valence-corrected chi connectivity index (χ0v) is 8.81. The molecule has 0 heterocycles. The summed E-state index contributed by atoms with van der Waals surface area (Å²) in [5, 5.41) is 0.457. The Hall–Kier alpha value is -0.640. The first-order chi connectivity index (χ1) is 6.69. The maximum atomic E-state index is 13.3. The first kappa shape index (κ1) is 11.4. The monoisotopic (exact) mass is 216 g/mol. The number of hydrazine groups is 1. The summed E-state index contributed by atoms with van der Waals surface area (Å²) in [5.41, 5.74) is 3.16. The molecule has 1 aromatic carbocycles. The number of hydrogen-bond acceptors (Lipinski definition) is 2. The lowest BCUT2D eigenvalue weighted by Crippen LogP contribution is -2.36. The van der Waals surface area contributed by atoms with Crippen LogP contribution in [0.5, 0.6) is 0 Å². The second kappa shape index (κ2) is 5.29. The number of hydrogen-bond donors (Lipinski definition) is 2. The molecule has 0 aliphatic heterocycles. The Kier molecular flexibility index (Phi) is 4.32. The van der Waals surface area contributed by atoms with Crippen LogP contribution in [0, 0.1) is 5.82 Å². The molecule has 1 rings (SSSR count). The highest BCUT2D eigenvalue weighted by Crippen LogP contribution is 2.20. The molecular weight excluding hydrogens is 203 g/mol. The van der Waals surface area contributed by atoms with Gasteiger partial charge in [-0.15, -0.1) is 0 Å². The van der Waals surface area contributed by atoms with E-state index in [1.165, 1.54) is 6.07 Å². The Bertz CT molecular complexity index is 280. The van der Waals surface area contributed by atoms with Crippen LogP contribution in [0.4, 0.5) is 4.39 Å². The second-order valence-electron chi connectivity index (χ2n) is 3.18. The predicted octanol–water partition coefficient (Wildman–Crippen LogP) is 2.26. The number of halogens is 2. The molecule has 0 bridgehead atoms. The first-order valence-corrected chi connectivity index (χ1v) is 4.95. The zero-order valence-electron chi connectivity index (χ0n) is 8.06. The van der Waals surface area contributed by atoms with Crippen molar-refractivity contribution in [2.45, 2.75) is 25.8 Å². The number of nitrogens with one attached hydrogen (secondary N) is 1. The summed E-state index contributed by atoms with van der Waals surface area (Å²) in [6.45, 7) is 1.99. The van der Waals surface area contributed by atoms with Crippen molar-refractivity contribution in [3.05, 3.63) is 34.6 Å². The Labute approximate surface area is 88.2 Å². The number of benzene rings is 1. The van der Waals surface area contributed by atoms with E-state index in [2.05, 4.69) is 5.43 Å². The molecule has 1 aromatic rings. The van der Waals surface area contributed by atoms with E-state index in [1.54, 1.807) is 12.1 Å². The summed E-state index contributed by atoms with van der Waals surface area (Å²) in [6, 6.07) is 4.75. The third kappa shape index (κ3) is 2.67. The van der Waals surface area contributed by atoms with Crippen LogP contribution in [-0.2, 0) is 6.42 Å². The minimum atomic E-state index is -0.272. The van der Waals surface area contributed by atoms with Gasteiger partial charge in [0.05, 0.1) is 0 Å². The fourth-order valence-electron chi connectivity index (χ4n) is 1.29. The molecular formula is C10H14ClFN2. The van der Waals surface area contributed by atoms with E-state index in [1.807, 2.05) is 6.92 Å². The highest BCUT2D eigenvalue weighted by molar-refractivity contribution is 6.31. The Morgan fingerprint density at radius 1 is 1.57 bits per heavy atom. The fourth-order valence-corrected chi connectivity index (χ4v) is 1.54. The maximum Gasteiger partial charge on any atom is 0.127 e.